The maximum Gasteiger partial charge on any atom is 0.339 e. The summed E-state index contributed by atoms with van der Waals surface area (Å²) in [7, 11) is 2.91. The number of nitrogens with one attached hydrogen (secondary N) is 2. The summed E-state index contributed by atoms with van der Waals surface area (Å²) >= 11 is 1.36. The Morgan fingerprint density at radius 3 is 2.74 bits per heavy atom. The van der Waals surface area contributed by atoms with Crippen LogP contribution in [0.2, 0.25) is 0 Å². The molecule has 0 aliphatic rings. The van der Waals surface area contributed by atoms with Crippen molar-refractivity contribution in [1.82, 2.24) is 9.97 Å². The first-order valence-electron chi connectivity index (χ1n) is 8.54. The van der Waals surface area contributed by atoms with Crippen molar-refractivity contribution < 1.29 is 19.1 Å². The zero-order chi connectivity index (χ0) is 19.6. The van der Waals surface area contributed by atoms with Crippen LogP contribution in [0.1, 0.15) is 45.4 Å². The summed E-state index contributed by atoms with van der Waals surface area (Å²) in [5, 5.41) is 3.29. The minimum atomic E-state index is -0.448. The lowest BCUT2D eigenvalue weighted by atomic mass is 10.0. The fraction of sp³-hybridized carbons (Fsp3) is 0.316. The number of para-hydroxylation sites is 1. The largest absolute Gasteiger partial charge is 0.494 e. The lowest BCUT2D eigenvalue weighted by Gasteiger charge is -2.05. The number of hydrogen-bond acceptors (Lipinski definition) is 6. The van der Waals surface area contributed by atoms with E-state index < -0.39 is 5.97 Å². The number of thiazole rings is 1. The summed E-state index contributed by atoms with van der Waals surface area (Å²) in [6.07, 6.45) is 1.38. The number of methoxy groups -OCH3 is 2. The number of anilines is 1. The third-order valence-corrected chi connectivity index (χ3v) is 5.17. The molecule has 0 saturated carbocycles. The summed E-state index contributed by atoms with van der Waals surface area (Å²) in [5.41, 5.74) is 2.77. The van der Waals surface area contributed by atoms with E-state index in [1.54, 1.807) is 14.0 Å². The van der Waals surface area contributed by atoms with Crippen molar-refractivity contribution in [3.05, 3.63) is 40.7 Å². The van der Waals surface area contributed by atoms with Crippen molar-refractivity contribution in [2.75, 3.05) is 19.5 Å². The van der Waals surface area contributed by atoms with Crippen LogP contribution in [0.3, 0.4) is 0 Å². The second-order valence-corrected chi connectivity index (χ2v) is 7.03. The van der Waals surface area contributed by atoms with Crippen molar-refractivity contribution in [3.8, 4) is 5.75 Å². The third kappa shape index (κ3) is 3.52. The van der Waals surface area contributed by atoms with E-state index in [1.807, 2.05) is 25.1 Å². The molecule has 0 aliphatic heterocycles. The van der Waals surface area contributed by atoms with Gasteiger partial charge in [0.2, 0.25) is 0 Å². The normalized spacial score (nSPS) is 10.8. The fourth-order valence-corrected chi connectivity index (χ4v) is 3.93. The Bertz CT molecular complexity index is 1010. The van der Waals surface area contributed by atoms with Crippen LogP contribution in [0.4, 0.5) is 5.13 Å². The molecule has 3 rings (SSSR count). The molecular formula is C19H21N3O4S. The van der Waals surface area contributed by atoms with E-state index in [0.29, 0.717) is 45.3 Å². The van der Waals surface area contributed by atoms with E-state index in [9.17, 15) is 9.59 Å². The van der Waals surface area contributed by atoms with Crippen molar-refractivity contribution in [2.45, 2.75) is 26.7 Å². The monoisotopic (exact) mass is 387 g/mol. The lowest BCUT2D eigenvalue weighted by Crippen LogP contribution is -2.15. The van der Waals surface area contributed by atoms with Gasteiger partial charge < -0.3 is 14.5 Å². The highest BCUT2D eigenvalue weighted by molar-refractivity contribution is 7.22. The van der Waals surface area contributed by atoms with Crippen LogP contribution in [-0.2, 0) is 11.2 Å². The fourth-order valence-electron chi connectivity index (χ4n) is 3.05. The minimum absolute atomic E-state index is 0.338. The summed E-state index contributed by atoms with van der Waals surface area (Å²) in [4.78, 5) is 32.5. The van der Waals surface area contributed by atoms with Gasteiger partial charge in [0.25, 0.3) is 5.91 Å². The van der Waals surface area contributed by atoms with E-state index in [4.69, 9.17) is 9.47 Å². The summed E-state index contributed by atoms with van der Waals surface area (Å²) < 4.78 is 11.1. The number of benzene rings is 1. The smallest absolute Gasteiger partial charge is 0.339 e. The highest BCUT2D eigenvalue weighted by Gasteiger charge is 2.25. The molecular weight excluding hydrogens is 366 g/mol. The summed E-state index contributed by atoms with van der Waals surface area (Å²) in [6, 6.07) is 5.62. The number of aromatic amines is 1. The molecule has 0 unspecified atom stereocenters. The number of aryl methyl sites for hydroxylation is 1. The second-order valence-electron chi connectivity index (χ2n) is 6.00. The number of carbonyl (C=O) groups is 2. The predicted octanol–water partition coefficient (Wildman–Crippen LogP) is 3.93. The molecule has 2 heterocycles. The Balaban J connectivity index is 1.96. The molecule has 1 amide bonds. The minimum Gasteiger partial charge on any atom is -0.494 e. The first-order chi connectivity index (χ1) is 13.0. The van der Waals surface area contributed by atoms with Crippen LogP contribution in [0.15, 0.2) is 18.2 Å². The lowest BCUT2D eigenvalue weighted by molar-refractivity contribution is 0.0599. The Kier molecular flexibility index (Phi) is 5.46. The molecule has 27 heavy (non-hydrogen) atoms. The van der Waals surface area contributed by atoms with Crippen LogP contribution < -0.4 is 10.1 Å². The predicted molar refractivity (Wildman–Crippen MR) is 105 cm³/mol. The number of aromatic nitrogens is 2. The van der Waals surface area contributed by atoms with E-state index >= 15 is 0 Å². The van der Waals surface area contributed by atoms with Crippen LogP contribution in [-0.4, -0.2) is 36.1 Å². The number of nitrogens with zero attached hydrogens (tertiary/aromatic N) is 1. The average Bonchev–Trinajstić information content (AvgIpc) is 3.21. The summed E-state index contributed by atoms with van der Waals surface area (Å²) in [6.45, 7) is 3.75. The number of fused-ring (bicyclic) bond motifs is 1. The van der Waals surface area contributed by atoms with Gasteiger partial charge in [0, 0.05) is 5.69 Å². The van der Waals surface area contributed by atoms with Gasteiger partial charge in [-0.15, -0.1) is 0 Å². The number of H-pyrrole nitrogens is 1. The molecule has 0 bridgehead atoms. The molecule has 0 spiro atoms. The molecule has 2 aromatic heterocycles. The SMILES string of the molecule is CCCc1c(C(=O)Nc2nc3c(OC)cccc3s2)[nH]c(C)c1C(=O)OC. The third-order valence-electron chi connectivity index (χ3n) is 4.23. The number of amides is 1. The Hall–Kier alpha value is -2.87. The Morgan fingerprint density at radius 1 is 1.30 bits per heavy atom. The number of carbonyl (C=O) groups excluding carboxylic acids is 2. The molecule has 2 N–H and O–H groups in total. The van der Waals surface area contributed by atoms with Gasteiger partial charge in [0.15, 0.2) is 5.13 Å². The van der Waals surface area contributed by atoms with Crippen LogP contribution in [0.25, 0.3) is 10.2 Å². The molecule has 0 saturated heterocycles. The van der Waals surface area contributed by atoms with Gasteiger partial charge in [-0.2, -0.15) is 0 Å². The molecule has 7 nitrogen and oxygen atoms in total. The topological polar surface area (TPSA) is 93.3 Å². The highest BCUT2D eigenvalue weighted by atomic mass is 32.1. The Labute approximate surface area is 160 Å². The number of rotatable bonds is 6. The van der Waals surface area contributed by atoms with Crippen molar-refractivity contribution in [2.24, 2.45) is 0 Å². The molecule has 1 aromatic carbocycles. The molecule has 0 atom stereocenters. The number of hydrogen-bond donors (Lipinski definition) is 2. The van der Waals surface area contributed by atoms with E-state index in [-0.39, 0.29) is 5.91 Å². The van der Waals surface area contributed by atoms with Crippen molar-refractivity contribution in [3.63, 3.8) is 0 Å². The molecule has 0 fully saturated rings. The van der Waals surface area contributed by atoms with Gasteiger partial charge in [-0.05, 0) is 31.0 Å². The first-order valence-corrected chi connectivity index (χ1v) is 9.36. The van der Waals surface area contributed by atoms with Crippen molar-refractivity contribution in [1.29, 1.82) is 0 Å². The van der Waals surface area contributed by atoms with Gasteiger partial charge in [-0.25, -0.2) is 9.78 Å². The van der Waals surface area contributed by atoms with E-state index in [1.165, 1.54) is 18.4 Å². The van der Waals surface area contributed by atoms with Crippen LogP contribution in [0.5, 0.6) is 5.75 Å². The van der Waals surface area contributed by atoms with E-state index in [0.717, 1.165) is 11.1 Å². The van der Waals surface area contributed by atoms with Crippen molar-refractivity contribution >= 4 is 38.6 Å². The van der Waals surface area contributed by atoms with Gasteiger partial charge in [-0.1, -0.05) is 30.7 Å². The van der Waals surface area contributed by atoms with E-state index in [2.05, 4.69) is 15.3 Å². The van der Waals surface area contributed by atoms with Crippen LogP contribution >= 0.6 is 11.3 Å². The van der Waals surface area contributed by atoms with Gasteiger partial charge in [-0.3, -0.25) is 10.1 Å². The second kappa shape index (κ2) is 7.79. The van der Waals surface area contributed by atoms with Gasteiger partial charge >= 0.3 is 5.97 Å². The van der Waals surface area contributed by atoms with Crippen LogP contribution in [0, 0.1) is 6.92 Å². The maximum atomic E-state index is 12.9. The first kappa shape index (κ1) is 18.9. The number of ether oxygens (including phenoxy) is 2. The quantitative estimate of drug-likeness (QED) is 0.625. The zero-order valence-electron chi connectivity index (χ0n) is 15.6. The molecule has 8 heteroatoms. The average molecular weight is 387 g/mol. The van der Waals surface area contributed by atoms with Gasteiger partial charge in [0.05, 0.1) is 24.5 Å². The summed E-state index contributed by atoms with van der Waals surface area (Å²) in [5.74, 6) is -0.134. The molecule has 0 radical (unpaired) electrons. The Morgan fingerprint density at radius 2 is 2.07 bits per heavy atom. The zero-order valence-corrected chi connectivity index (χ0v) is 16.5. The van der Waals surface area contributed by atoms with Gasteiger partial charge in [0.1, 0.15) is 17.0 Å². The molecule has 142 valence electrons. The maximum absolute atomic E-state index is 12.9. The molecule has 3 aromatic rings. The number of esters is 1. The molecule has 0 aliphatic carbocycles. The standard InChI is InChI=1S/C19H21N3O4S/c1-5-7-11-14(18(24)26-4)10(2)20-15(11)17(23)22-19-21-16-12(25-3)8-6-9-13(16)27-19/h6,8-9,20H,5,7H2,1-4H3,(H,21,22,23). The highest BCUT2D eigenvalue weighted by Crippen LogP contribution is 2.32.